The number of ether oxygens (including phenoxy) is 1. The number of thiazole rings is 2. The zero-order valence-electron chi connectivity index (χ0n) is 17.8. The zero-order chi connectivity index (χ0) is 22.0. The summed E-state index contributed by atoms with van der Waals surface area (Å²) in [6, 6.07) is 8.24. The molecule has 6 nitrogen and oxygen atoms in total. The molecule has 31 heavy (non-hydrogen) atoms. The number of hydrogen-bond acceptors (Lipinski definition) is 7. The monoisotopic (exact) mass is 474 g/mol. The fraction of sp³-hybridized carbons (Fsp3) is 0.409. The van der Waals surface area contributed by atoms with E-state index in [1.807, 2.05) is 15.3 Å². The molecule has 1 fully saturated rings. The Bertz CT molecular complexity index is 1090. The third kappa shape index (κ3) is 5.67. The van der Waals surface area contributed by atoms with Crippen molar-refractivity contribution in [2.75, 3.05) is 18.4 Å². The number of aryl methyl sites for hydroxylation is 1. The number of carbonyl (C=O) groups excluding carboxylic acids is 1. The quantitative estimate of drug-likeness (QED) is 0.512. The van der Waals surface area contributed by atoms with Crippen LogP contribution in [0.3, 0.4) is 0 Å². The minimum Gasteiger partial charge on any atom is -0.373 e. The first kappa shape index (κ1) is 22.3. The second-order valence-corrected chi connectivity index (χ2v) is 10.3. The lowest BCUT2D eigenvalue weighted by atomic mass is 10.1. The van der Waals surface area contributed by atoms with E-state index < -0.39 is 0 Å². The molecule has 2 aromatic heterocycles. The van der Waals surface area contributed by atoms with Crippen molar-refractivity contribution >= 4 is 45.9 Å². The lowest BCUT2D eigenvalue weighted by Gasteiger charge is -2.34. The molecule has 0 aliphatic carbocycles. The molecule has 4 rings (SSSR count). The van der Waals surface area contributed by atoms with Gasteiger partial charge in [0, 0.05) is 30.4 Å². The molecule has 2 unspecified atom stereocenters. The van der Waals surface area contributed by atoms with E-state index in [4.69, 9.17) is 17.0 Å². The van der Waals surface area contributed by atoms with Crippen LogP contribution in [0.5, 0.6) is 0 Å². The summed E-state index contributed by atoms with van der Waals surface area (Å²) in [6.45, 7) is 8.95. The Morgan fingerprint density at radius 2 is 1.90 bits per heavy atom. The van der Waals surface area contributed by atoms with Crippen molar-refractivity contribution in [1.82, 2.24) is 14.5 Å². The molecular formula is C22H26N4O2S3. The fourth-order valence-corrected chi connectivity index (χ4v) is 5.60. The van der Waals surface area contributed by atoms with Gasteiger partial charge in [-0.1, -0.05) is 29.8 Å². The first-order chi connectivity index (χ1) is 14.9. The molecule has 9 heteroatoms. The highest BCUT2D eigenvalue weighted by atomic mass is 32.1. The lowest BCUT2D eigenvalue weighted by Crippen LogP contribution is -2.44. The first-order valence-corrected chi connectivity index (χ1v) is 12.4. The summed E-state index contributed by atoms with van der Waals surface area (Å²) in [7, 11) is 0. The van der Waals surface area contributed by atoms with Crippen LogP contribution in [-0.4, -0.2) is 45.7 Å². The molecule has 0 bridgehead atoms. The molecule has 0 saturated carbocycles. The maximum atomic E-state index is 12.7. The van der Waals surface area contributed by atoms with Crippen LogP contribution in [-0.2, 0) is 22.6 Å². The Hall–Kier alpha value is -1.91. The van der Waals surface area contributed by atoms with Crippen LogP contribution in [0.4, 0.5) is 5.13 Å². The largest absolute Gasteiger partial charge is 0.373 e. The molecule has 1 amide bonds. The molecule has 164 valence electrons. The summed E-state index contributed by atoms with van der Waals surface area (Å²) in [4.78, 5) is 19.7. The van der Waals surface area contributed by atoms with E-state index in [1.54, 1.807) is 0 Å². The van der Waals surface area contributed by atoms with Crippen LogP contribution in [0.15, 0.2) is 35.0 Å². The van der Waals surface area contributed by atoms with Crippen molar-refractivity contribution in [3.63, 3.8) is 0 Å². The Kier molecular flexibility index (Phi) is 6.98. The van der Waals surface area contributed by atoms with E-state index >= 15 is 0 Å². The highest BCUT2D eigenvalue weighted by Crippen LogP contribution is 2.25. The van der Waals surface area contributed by atoms with Gasteiger partial charge in [0.05, 0.1) is 23.6 Å². The first-order valence-electron chi connectivity index (χ1n) is 10.2. The van der Waals surface area contributed by atoms with Crippen molar-refractivity contribution < 1.29 is 9.53 Å². The molecule has 0 radical (unpaired) electrons. The normalized spacial score (nSPS) is 19.5. The molecule has 1 aliphatic heterocycles. The highest BCUT2D eigenvalue weighted by molar-refractivity contribution is 7.73. The van der Waals surface area contributed by atoms with Gasteiger partial charge < -0.3 is 14.6 Å². The summed E-state index contributed by atoms with van der Waals surface area (Å²) in [5.74, 6) is -0.127. The number of rotatable bonds is 6. The summed E-state index contributed by atoms with van der Waals surface area (Å²) < 4.78 is 8.35. The predicted molar refractivity (Wildman–Crippen MR) is 129 cm³/mol. The van der Waals surface area contributed by atoms with Crippen molar-refractivity contribution in [1.29, 1.82) is 0 Å². The Morgan fingerprint density at radius 3 is 2.61 bits per heavy atom. The van der Waals surface area contributed by atoms with Gasteiger partial charge in [0.1, 0.15) is 6.54 Å². The number of benzene rings is 1. The average molecular weight is 475 g/mol. The van der Waals surface area contributed by atoms with Crippen LogP contribution >= 0.6 is 34.9 Å². The van der Waals surface area contributed by atoms with Crippen LogP contribution in [0.1, 0.15) is 25.1 Å². The van der Waals surface area contributed by atoms with Gasteiger partial charge in [-0.05, 0) is 38.6 Å². The van der Waals surface area contributed by atoms with Gasteiger partial charge in [-0.3, -0.25) is 9.69 Å². The number of hydrogen-bond donors (Lipinski definition) is 1. The number of anilines is 1. The molecule has 3 aromatic rings. The van der Waals surface area contributed by atoms with Crippen LogP contribution < -0.4 is 5.32 Å². The third-order valence-corrected chi connectivity index (χ3v) is 7.19. The molecule has 1 N–H and O–H groups in total. The minimum atomic E-state index is -0.127. The maximum absolute atomic E-state index is 12.7. The fourth-order valence-electron chi connectivity index (χ4n) is 3.81. The van der Waals surface area contributed by atoms with E-state index in [0.717, 1.165) is 36.6 Å². The second kappa shape index (κ2) is 9.70. The van der Waals surface area contributed by atoms with E-state index in [-0.39, 0.29) is 24.7 Å². The van der Waals surface area contributed by atoms with Gasteiger partial charge in [-0.2, -0.15) is 0 Å². The maximum Gasteiger partial charge on any atom is 0.246 e. The molecule has 3 heterocycles. The van der Waals surface area contributed by atoms with Crippen molar-refractivity contribution in [2.24, 2.45) is 0 Å². The van der Waals surface area contributed by atoms with E-state index in [2.05, 4.69) is 60.2 Å². The van der Waals surface area contributed by atoms with Crippen LogP contribution in [0.2, 0.25) is 0 Å². The van der Waals surface area contributed by atoms with Gasteiger partial charge in [-0.15, -0.1) is 22.7 Å². The number of nitrogens with zero attached hydrogens (tertiary/aromatic N) is 3. The number of nitrogens with one attached hydrogen (secondary N) is 1. The molecule has 0 spiro atoms. The van der Waals surface area contributed by atoms with Gasteiger partial charge in [-0.25, -0.2) is 4.98 Å². The minimum absolute atomic E-state index is 0.127. The standard InChI is InChI=1S/C22H26N4O2S3/c1-14-4-6-17(7-5-14)19-13-31-22(29)26(19)11-20(27)24-21-23-18(12-30-21)10-25-8-15(2)28-16(3)9-25/h4-7,12-13,15-16H,8-11H2,1-3H3,(H,23,24,27). The summed E-state index contributed by atoms with van der Waals surface area (Å²) in [6.07, 6.45) is 0.444. The number of carbonyl (C=O) groups is 1. The number of morpholine rings is 1. The van der Waals surface area contributed by atoms with E-state index in [9.17, 15) is 4.79 Å². The third-order valence-electron chi connectivity index (χ3n) is 5.11. The van der Waals surface area contributed by atoms with Gasteiger partial charge >= 0.3 is 0 Å². The molecule has 2 atom stereocenters. The SMILES string of the molecule is Cc1ccc(-c2csc(=S)n2CC(=O)Nc2nc(CN3CC(C)OC(C)C3)cs2)cc1. The predicted octanol–water partition coefficient (Wildman–Crippen LogP) is 4.96. The van der Waals surface area contributed by atoms with Gasteiger partial charge in [0.2, 0.25) is 5.91 Å². The smallest absolute Gasteiger partial charge is 0.246 e. The molecular weight excluding hydrogens is 448 g/mol. The summed E-state index contributed by atoms with van der Waals surface area (Å²) >= 11 is 8.39. The summed E-state index contributed by atoms with van der Waals surface area (Å²) in [5.41, 5.74) is 4.17. The highest BCUT2D eigenvalue weighted by Gasteiger charge is 2.23. The topological polar surface area (TPSA) is 59.4 Å². The van der Waals surface area contributed by atoms with Gasteiger partial charge in [0.15, 0.2) is 9.09 Å². The second-order valence-electron chi connectivity index (χ2n) is 7.98. The van der Waals surface area contributed by atoms with Crippen molar-refractivity contribution in [3.8, 4) is 11.3 Å². The zero-order valence-corrected chi connectivity index (χ0v) is 20.3. The number of aromatic nitrogens is 2. The Labute approximate surface area is 195 Å². The lowest BCUT2D eigenvalue weighted by molar-refractivity contribution is -0.116. The van der Waals surface area contributed by atoms with Crippen LogP contribution in [0, 0.1) is 10.9 Å². The Morgan fingerprint density at radius 1 is 1.19 bits per heavy atom. The summed E-state index contributed by atoms with van der Waals surface area (Å²) in [5, 5.41) is 7.57. The van der Waals surface area contributed by atoms with Crippen molar-refractivity contribution in [2.45, 2.75) is 46.1 Å². The number of amides is 1. The molecule has 1 aliphatic rings. The Balaban J connectivity index is 1.40. The van der Waals surface area contributed by atoms with Crippen LogP contribution in [0.25, 0.3) is 11.3 Å². The van der Waals surface area contributed by atoms with E-state index in [0.29, 0.717) is 9.09 Å². The average Bonchev–Trinajstić information content (AvgIpc) is 3.28. The van der Waals surface area contributed by atoms with E-state index in [1.165, 1.54) is 28.2 Å². The van der Waals surface area contributed by atoms with Gasteiger partial charge in [0.25, 0.3) is 0 Å². The molecule has 1 saturated heterocycles. The van der Waals surface area contributed by atoms with Crippen molar-refractivity contribution in [3.05, 3.63) is 50.2 Å². The molecule has 1 aromatic carbocycles.